The summed E-state index contributed by atoms with van der Waals surface area (Å²) >= 11 is 0. The van der Waals surface area contributed by atoms with Gasteiger partial charge in [-0.2, -0.15) is 0 Å². The molecule has 0 spiro atoms. The molecule has 0 N–H and O–H groups in total. The third-order valence-electron chi connectivity index (χ3n) is 4.34. The highest BCUT2D eigenvalue weighted by atomic mass is 28.3. The molecule has 1 nitrogen and oxygen atoms in total. The van der Waals surface area contributed by atoms with Crippen molar-refractivity contribution in [3.8, 4) is 0 Å². The average Bonchev–Trinajstić information content (AvgIpc) is 2.49. The third kappa shape index (κ3) is 3.25. The molecule has 0 radical (unpaired) electrons. The van der Waals surface area contributed by atoms with Crippen molar-refractivity contribution in [1.82, 2.24) is 0 Å². The Morgan fingerprint density at radius 2 is 1.45 bits per heavy atom. The summed E-state index contributed by atoms with van der Waals surface area (Å²) in [7, 11) is -1.60. The fraction of sp³-hybridized carbons (Fsp3) is 0.278. The number of carbonyl (C=O) groups is 1. The van der Waals surface area contributed by atoms with Gasteiger partial charge in [0.25, 0.3) is 0 Å². The van der Waals surface area contributed by atoms with Crippen LogP contribution in [0.4, 0.5) is 0 Å². The van der Waals surface area contributed by atoms with Gasteiger partial charge in [-0.05, 0) is 5.54 Å². The van der Waals surface area contributed by atoms with Crippen molar-refractivity contribution in [2.45, 2.75) is 32.0 Å². The van der Waals surface area contributed by atoms with Gasteiger partial charge >= 0.3 is 0 Å². The molecule has 0 aliphatic rings. The van der Waals surface area contributed by atoms with Crippen molar-refractivity contribution < 1.29 is 4.79 Å². The minimum absolute atomic E-state index is 0.259. The zero-order valence-corrected chi connectivity index (χ0v) is 13.5. The number of benzene rings is 2. The SMILES string of the molecule is CC(CC(=O)c1ccccc1)[Si](C)(C)c1ccccc1. The highest BCUT2D eigenvalue weighted by molar-refractivity contribution is 6.91. The number of ketones is 1. The Labute approximate surface area is 122 Å². The molecule has 104 valence electrons. The zero-order valence-electron chi connectivity index (χ0n) is 12.5. The van der Waals surface area contributed by atoms with E-state index in [1.54, 1.807) is 0 Å². The summed E-state index contributed by atoms with van der Waals surface area (Å²) in [5.41, 5.74) is 1.26. The maximum atomic E-state index is 12.4. The van der Waals surface area contributed by atoms with Gasteiger partial charge in [-0.3, -0.25) is 4.79 Å². The zero-order chi connectivity index (χ0) is 14.6. The molecular formula is C18H22OSi. The van der Waals surface area contributed by atoms with Crippen LogP contribution in [0.3, 0.4) is 0 Å². The first-order valence-corrected chi connectivity index (χ1v) is 10.2. The second-order valence-electron chi connectivity index (χ2n) is 5.98. The Hall–Kier alpha value is -1.67. The third-order valence-corrected chi connectivity index (χ3v) is 8.83. The summed E-state index contributed by atoms with van der Waals surface area (Å²) < 4.78 is 0. The van der Waals surface area contributed by atoms with Crippen LogP contribution in [0.15, 0.2) is 60.7 Å². The van der Waals surface area contributed by atoms with Crippen LogP contribution in [0.1, 0.15) is 23.7 Å². The van der Waals surface area contributed by atoms with Gasteiger partial charge in [-0.1, -0.05) is 85.9 Å². The predicted molar refractivity (Wildman–Crippen MR) is 88.4 cm³/mol. The van der Waals surface area contributed by atoms with Crippen LogP contribution < -0.4 is 5.19 Å². The summed E-state index contributed by atoms with van der Waals surface area (Å²) in [5, 5.41) is 1.42. The molecule has 0 amide bonds. The lowest BCUT2D eigenvalue weighted by atomic mass is 10.1. The molecular weight excluding hydrogens is 260 g/mol. The molecule has 2 aromatic carbocycles. The summed E-state index contributed by atoms with van der Waals surface area (Å²) in [6.45, 7) is 6.93. The maximum Gasteiger partial charge on any atom is 0.162 e. The normalized spacial score (nSPS) is 12.9. The molecule has 20 heavy (non-hydrogen) atoms. The number of hydrogen-bond acceptors (Lipinski definition) is 1. The molecule has 2 heteroatoms. The smallest absolute Gasteiger partial charge is 0.162 e. The molecule has 0 heterocycles. The molecule has 0 saturated carbocycles. The molecule has 0 aromatic heterocycles. The quantitative estimate of drug-likeness (QED) is 0.591. The van der Waals surface area contributed by atoms with Crippen LogP contribution in [-0.4, -0.2) is 13.9 Å². The molecule has 0 bridgehead atoms. The van der Waals surface area contributed by atoms with E-state index in [-0.39, 0.29) is 5.78 Å². The lowest BCUT2D eigenvalue weighted by Gasteiger charge is -2.30. The fourth-order valence-corrected chi connectivity index (χ4v) is 4.74. The van der Waals surface area contributed by atoms with E-state index in [1.807, 2.05) is 36.4 Å². The maximum absolute atomic E-state index is 12.4. The summed E-state index contributed by atoms with van der Waals surface area (Å²) in [6, 6.07) is 20.3. The van der Waals surface area contributed by atoms with Crippen LogP contribution in [0.5, 0.6) is 0 Å². The van der Waals surface area contributed by atoms with E-state index < -0.39 is 8.07 Å². The van der Waals surface area contributed by atoms with Crippen LogP contribution in [0.2, 0.25) is 18.6 Å². The molecule has 1 atom stereocenters. The van der Waals surface area contributed by atoms with Crippen molar-refractivity contribution in [2.75, 3.05) is 0 Å². The molecule has 0 saturated heterocycles. The van der Waals surface area contributed by atoms with Crippen molar-refractivity contribution >= 4 is 19.0 Å². The Morgan fingerprint density at radius 1 is 0.950 bits per heavy atom. The van der Waals surface area contributed by atoms with Crippen molar-refractivity contribution in [3.05, 3.63) is 66.2 Å². The summed E-state index contributed by atoms with van der Waals surface area (Å²) in [5.74, 6) is 0.259. The highest BCUT2D eigenvalue weighted by Crippen LogP contribution is 2.26. The average molecular weight is 282 g/mol. The van der Waals surface area contributed by atoms with Crippen molar-refractivity contribution in [2.24, 2.45) is 0 Å². The van der Waals surface area contributed by atoms with Gasteiger partial charge in [0.2, 0.25) is 0 Å². The molecule has 0 aliphatic heterocycles. The first-order valence-electron chi connectivity index (χ1n) is 7.15. The van der Waals surface area contributed by atoms with E-state index >= 15 is 0 Å². The Morgan fingerprint density at radius 3 is 2.00 bits per heavy atom. The van der Waals surface area contributed by atoms with Crippen LogP contribution in [-0.2, 0) is 0 Å². The van der Waals surface area contributed by atoms with Crippen LogP contribution >= 0.6 is 0 Å². The number of rotatable bonds is 5. The van der Waals surface area contributed by atoms with E-state index in [9.17, 15) is 4.79 Å². The largest absolute Gasteiger partial charge is 0.294 e. The Balaban J connectivity index is 2.12. The molecule has 0 fully saturated rings. The van der Waals surface area contributed by atoms with Gasteiger partial charge in [0.05, 0.1) is 8.07 Å². The van der Waals surface area contributed by atoms with E-state index in [4.69, 9.17) is 0 Å². The minimum atomic E-state index is -1.60. The Bertz CT molecular complexity index is 560. The van der Waals surface area contributed by atoms with E-state index in [2.05, 4.69) is 44.3 Å². The first kappa shape index (κ1) is 14.7. The summed E-state index contributed by atoms with van der Waals surface area (Å²) in [4.78, 5) is 12.4. The lowest BCUT2D eigenvalue weighted by Crippen LogP contribution is -2.45. The second kappa shape index (κ2) is 6.19. The van der Waals surface area contributed by atoms with Gasteiger partial charge in [0, 0.05) is 12.0 Å². The topological polar surface area (TPSA) is 17.1 Å². The minimum Gasteiger partial charge on any atom is -0.294 e. The summed E-state index contributed by atoms with van der Waals surface area (Å²) in [6.07, 6.45) is 0.637. The van der Waals surface area contributed by atoms with E-state index in [0.717, 1.165) is 5.56 Å². The van der Waals surface area contributed by atoms with E-state index in [1.165, 1.54) is 5.19 Å². The standard InChI is InChI=1S/C18H22OSi/c1-15(14-18(19)16-10-6-4-7-11-16)20(2,3)17-12-8-5-9-13-17/h4-13,15H,14H2,1-3H3. The lowest BCUT2D eigenvalue weighted by molar-refractivity contribution is 0.0981. The van der Waals surface area contributed by atoms with Crippen molar-refractivity contribution in [1.29, 1.82) is 0 Å². The number of carbonyl (C=O) groups excluding carboxylic acids is 1. The van der Waals surface area contributed by atoms with Crippen LogP contribution in [0, 0.1) is 0 Å². The molecule has 1 unspecified atom stereocenters. The second-order valence-corrected chi connectivity index (χ2v) is 11.0. The number of hydrogen-bond donors (Lipinski definition) is 0. The van der Waals surface area contributed by atoms with Gasteiger partial charge in [0.1, 0.15) is 0 Å². The van der Waals surface area contributed by atoms with Gasteiger partial charge in [-0.25, -0.2) is 0 Å². The van der Waals surface area contributed by atoms with Gasteiger partial charge < -0.3 is 0 Å². The van der Waals surface area contributed by atoms with Crippen LogP contribution in [0.25, 0.3) is 0 Å². The Kier molecular flexibility index (Phi) is 4.56. The molecule has 0 aliphatic carbocycles. The van der Waals surface area contributed by atoms with Gasteiger partial charge in [-0.15, -0.1) is 0 Å². The fourth-order valence-electron chi connectivity index (χ4n) is 2.43. The predicted octanol–water partition coefficient (Wildman–Crippen LogP) is 4.27. The van der Waals surface area contributed by atoms with E-state index in [0.29, 0.717) is 12.0 Å². The first-order chi connectivity index (χ1) is 9.51. The molecule has 2 aromatic rings. The number of Topliss-reactive ketones (excluding diaryl/α,β-unsaturated/α-hetero) is 1. The highest BCUT2D eigenvalue weighted by Gasteiger charge is 2.31. The molecule has 2 rings (SSSR count). The van der Waals surface area contributed by atoms with Crippen molar-refractivity contribution in [3.63, 3.8) is 0 Å². The monoisotopic (exact) mass is 282 g/mol. The van der Waals surface area contributed by atoms with Gasteiger partial charge in [0.15, 0.2) is 5.78 Å².